The molecule has 2 rings (SSSR count). The maximum absolute atomic E-state index is 12.5. The van der Waals surface area contributed by atoms with Crippen molar-refractivity contribution in [3.05, 3.63) is 29.8 Å². The molecule has 1 aromatic rings. The molecule has 5 heteroatoms. The Bertz CT molecular complexity index is 535. The fourth-order valence-electron chi connectivity index (χ4n) is 2.91. The second-order valence-electron chi connectivity index (χ2n) is 5.85. The molecule has 2 amide bonds. The molecule has 1 aliphatic rings. The van der Waals surface area contributed by atoms with Crippen molar-refractivity contribution in [2.75, 3.05) is 38.0 Å². The van der Waals surface area contributed by atoms with E-state index in [0.29, 0.717) is 18.7 Å². The maximum atomic E-state index is 12.5. The van der Waals surface area contributed by atoms with E-state index < -0.39 is 0 Å². The number of rotatable bonds is 6. The third kappa shape index (κ3) is 4.71. The first-order valence-corrected chi connectivity index (χ1v) is 8.56. The molecule has 126 valence electrons. The van der Waals surface area contributed by atoms with Crippen LogP contribution in [0.1, 0.15) is 43.5 Å². The van der Waals surface area contributed by atoms with Crippen LogP contribution in [0.4, 0.5) is 5.69 Å². The number of likely N-dealkylation sites (N-methyl/N-ethyl adjacent to an activating group) is 1. The van der Waals surface area contributed by atoms with Gasteiger partial charge in [-0.3, -0.25) is 9.59 Å². The summed E-state index contributed by atoms with van der Waals surface area (Å²) in [4.78, 5) is 28.3. The molecule has 5 nitrogen and oxygen atoms in total. The van der Waals surface area contributed by atoms with Crippen molar-refractivity contribution in [3.63, 3.8) is 0 Å². The van der Waals surface area contributed by atoms with Gasteiger partial charge in [0.15, 0.2) is 0 Å². The lowest BCUT2D eigenvalue weighted by atomic mass is 10.1. The summed E-state index contributed by atoms with van der Waals surface area (Å²) >= 11 is 0. The summed E-state index contributed by atoms with van der Waals surface area (Å²) in [5.74, 6) is 0.158. The zero-order valence-corrected chi connectivity index (χ0v) is 14.2. The highest BCUT2D eigenvalue weighted by Crippen LogP contribution is 2.16. The van der Waals surface area contributed by atoms with E-state index in [-0.39, 0.29) is 18.4 Å². The predicted molar refractivity (Wildman–Crippen MR) is 92.6 cm³/mol. The van der Waals surface area contributed by atoms with Gasteiger partial charge in [-0.15, -0.1) is 0 Å². The second kappa shape index (κ2) is 8.56. The molecule has 0 atom stereocenters. The number of amides is 2. The van der Waals surface area contributed by atoms with Crippen LogP contribution in [-0.2, 0) is 4.79 Å². The van der Waals surface area contributed by atoms with E-state index in [0.717, 1.165) is 31.6 Å². The van der Waals surface area contributed by atoms with Crippen LogP contribution in [-0.4, -0.2) is 54.3 Å². The minimum absolute atomic E-state index is 0.0720. The summed E-state index contributed by atoms with van der Waals surface area (Å²) in [5.41, 5.74) is 1.50. The molecule has 23 heavy (non-hydrogen) atoms. The maximum Gasteiger partial charge on any atom is 0.253 e. The number of benzene rings is 1. The fraction of sp³-hybridized carbons (Fsp3) is 0.556. The van der Waals surface area contributed by atoms with Crippen molar-refractivity contribution in [1.29, 1.82) is 0 Å². The Hall–Kier alpha value is -2.04. The van der Waals surface area contributed by atoms with Crippen LogP contribution in [0.3, 0.4) is 0 Å². The summed E-state index contributed by atoms with van der Waals surface area (Å²) in [5, 5.41) is 3.13. The monoisotopic (exact) mass is 317 g/mol. The lowest BCUT2D eigenvalue weighted by Crippen LogP contribution is -2.36. The number of hydrogen-bond acceptors (Lipinski definition) is 3. The molecule has 1 aromatic carbocycles. The van der Waals surface area contributed by atoms with Crippen LogP contribution in [0.2, 0.25) is 0 Å². The minimum Gasteiger partial charge on any atom is -0.376 e. The summed E-state index contributed by atoms with van der Waals surface area (Å²) in [6, 6.07) is 7.44. The van der Waals surface area contributed by atoms with E-state index in [2.05, 4.69) is 5.32 Å². The van der Waals surface area contributed by atoms with Gasteiger partial charge in [0.2, 0.25) is 5.91 Å². The number of nitrogens with one attached hydrogen (secondary N) is 1. The molecule has 0 spiro atoms. The van der Waals surface area contributed by atoms with Crippen LogP contribution in [0.25, 0.3) is 0 Å². The van der Waals surface area contributed by atoms with Gasteiger partial charge in [0.05, 0.1) is 6.54 Å². The van der Waals surface area contributed by atoms with Crippen LogP contribution in [0.5, 0.6) is 0 Å². The molecule has 1 saturated heterocycles. The standard InChI is InChI=1S/C18H27N3O2/c1-3-20(4-2)17(22)14-19-16-10-8-9-15(13-16)18(23)21-11-6-5-7-12-21/h8-10,13,19H,3-7,11-12,14H2,1-2H3. The smallest absolute Gasteiger partial charge is 0.253 e. The van der Waals surface area contributed by atoms with Gasteiger partial charge in [-0.05, 0) is 51.3 Å². The first-order chi connectivity index (χ1) is 11.2. The summed E-state index contributed by atoms with van der Waals surface area (Å²) in [6.45, 7) is 7.31. The zero-order chi connectivity index (χ0) is 16.7. The number of nitrogens with zero attached hydrogens (tertiary/aromatic N) is 2. The number of carbonyl (C=O) groups excluding carboxylic acids is 2. The van der Waals surface area contributed by atoms with Crippen molar-refractivity contribution < 1.29 is 9.59 Å². The van der Waals surface area contributed by atoms with Crippen molar-refractivity contribution in [2.24, 2.45) is 0 Å². The molecule has 1 N–H and O–H groups in total. The van der Waals surface area contributed by atoms with Crippen LogP contribution in [0.15, 0.2) is 24.3 Å². The average Bonchev–Trinajstić information content (AvgIpc) is 2.61. The van der Waals surface area contributed by atoms with Crippen LogP contribution < -0.4 is 5.32 Å². The van der Waals surface area contributed by atoms with Gasteiger partial charge in [0, 0.05) is 37.4 Å². The third-order valence-electron chi connectivity index (χ3n) is 4.31. The van der Waals surface area contributed by atoms with Crippen LogP contribution >= 0.6 is 0 Å². The Kier molecular flexibility index (Phi) is 6.44. The molecule has 0 radical (unpaired) electrons. The van der Waals surface area contributed by atoms with Gasteiger partial charge in [0.1, 0.15) is 0 Å². The molecular formula is C18H27N3O2. The first-order valence-electron chi connectivity index (χ1n) is 8.56. The molecule has 1 heterocycles. The molecule has 0 bridgehead atoms. The first kappa shape index (κ1) is 17.3. The highest BCUT2D eigenvalue weighted by molar-refractivity contribution is 5.95. The largest absolute Gasteiger partial charge is 0.376 e. The number of piperidine rings is 1. The lowest BCUT2D eigenvalue weighted by Gasteiger charge is -2.27. The molecule has 0 unspecified atom stereocenters. The van der Waals surface area contributed by atoms with Gasteiger partial charge in [0.25, 0.3) is 5.91 Å². The minimum atomic E-state index is 0.0720. The highest BCUT2D eigenvalue weighted by Gasteiger charge is 2.18. The molecule has 0 saturated carbocycles. The SMILES string of the molecule is CCN(CC)C(=O)CNc1cccc(C(=O)N2CCCCC2)c1. The van der Waals surface area contributed by atoms with E-state index in [1.54, 1.807) is 4.90 Å². The Morgan fingerprint density at radius 1 is 1.13 bits per heavy atom. The quantitative estimate of drug-likeness (QED) is 0.877. The number of carbonyl (C=O) groups is 2. The molecule has 0 aromatic heterocycles. The molecule has 0 aliphatic carbocycles. The summed E-state index contributed by atoms with van der Waals surface area (Å²) in [7, 11) is 0. The molecule has 1 aliphatic heterocycles. The average molecular weight is 317 g/mol. The van der Waals surface area contributed by atoms with Gasteiger partial charge in [-0.1, -0.05) is 6.07 Å². The van der Waals surface area contributed by atoms with Crippen LogP contribution in [0, 0.1) is 0 Å². The third-order valence-corrected chi connectivity index (χ3v) is 4.31. The molecular weight excluding hydrogens is 290 g/mol. The van der Waals surface area contributed by atoms with E-state index in [1.165, 1.54) is 6.42 Å². The second-order valence-corrected chi connectivity index (χ2v) is 5.85. The number of anilines is 1. The number of likely N-dealkylation sites (tertiary alicyclic amines) is 1. The normalized spacial score (nSPS) is 14.4. The summed E-state index contributed by atoms with van der Waals surface area (Å²) in [6.07, 6.45) is 3.38. The van der Waals surface area contributed by atoms with Crippen molar-refractivity contribution >= 4 is 17.5 Å². The van der Waals surface area contributed by atoms with Gasteiger partial charge >= 0.3 is 0 Å². The Morgan fingerprint density at radius 3 is 2.48 bits per heavy atom. The van der Waals surface area contributed by atoms with Crippen molar-refractivity contribution in [1.82, 2.24) is 9.80 Å². The van der Waals surface area contributed by atoms with E-state index in [1.807, 2.05) is 43.0 Å². The lowest BCUT2D eigenvalue weighted by molar-refractivity contribution is -0.128. The topological polar surface area (TPSA) is 52.7 Å². The Labute approximate surface area is 138 Å². The van der Waals surface area contributed by atoms with E-state index in [4.69, 9.17) is 0 Å². The van der Waals surface area contributed by atoms with Gasteiger partial charge < -0.3 is 15.1 Å². The van der Waals surface area contributed by atoms with E-state index in [9.17, 15) is 9.59 Å². The highest BCUT2D eigenvalue weighted by atomic mass is 16.2. The van der Waals surface area contributed by atoms with Crippen molar-refractivity contribution in [2.45, 2.75) is 33.1 Å². The fourth-order valence-corrected chi connectivity index (χ4v) is 2.91. The van der Waals surface area contributed by atoms with Crippen molar-refractivity contribution in [3.8, 4) is 0 Å². The zero-order valence-electron chi connectivity index (χ0n) is 14.2. The van der Waals surface area contributed by atoms with Gasteiger partial charge in [-0.2, -0.15) is 0 Å². The number of hydrogen-bond donors (Lipinski definition) is 1. The Balaban J connectivity index is 1.96. The predicted octanol–water partition coefficient (Wildman–Crippen LogP) is 2.59. The van der Waals surface area contributed by atoms with Gasteiger partial charge in [-0.25, -0.2) is 0 Å². The van der Waals surface area contributed by atoms with E-state index >= 15 is 0 Å². The Morgan fingerprint density at radius 2 is 1.83 bits per heavy atom. The molecule has 1 fully saturated rings. The summed E-state index contributed by atoms with van der Waals surface area (Å²) < 4.78 is 0.